The van der Waals surface area contributed by atoms with Crippen LogP contribution >= 0.6 is 11.3 Å². The Balaban J connectivity index is 1.88. The second-order valence-electron chi connectivity index (χ2n) is 6.15. The van der Waals surface area contributed by atoms with Gasteiger partial charge in [0.15, 0.2) is 17.3 Å². The lowest BCUT2D eigenvalue weighted by Crippen LogP contribution is -2.07. The van der Waals surface area contributed by atoms with Crippen molar-refractivity contribution in [2.45, 2.75) is 26.1 Å². The predicted octanol–water partition coefficient (Wildman–Crippen LogP) is 4.40. The van der Waals surface area contributed by atoms with E-state index in [0.29, 0.717) is 21.2 Å². The van der Waals surface area contributed by atoms with Crippen LogP contribution in [0.25, 0.3) is 10.1 Å². The van der Waals surface area contributed by atoms with Gasteiger partial charge in [-0.2, -0.15) is 18.3 Å². The lowest BCUT2D eigenvalue weighted by atomic mass is 10.0. The molecule has 3 rings (SSSR count). The average molecular weight is 416 g/mol. The Morgan fingerprint density at radius 2 is 2.04 bits per heavy atom. The van der Waals surface area contributed by atoms with Crippen LogP contribution in [-0.4, -0.2) is 22.9 Å². The van der Waals surface area contributed by atoms with Crippen molar-refractivity contribution in [1.29, 1.82) is 0 Å². The smallest absolute Gasteiger partial charge is 0.435 e. The number of methoxy groups -OCH3 is 1. The van der Waals surface area contributed by atoms with E-state index >= 15 is 0 Å². The number of ether oxygens (including phenoxy) is 2. The number of nitrogens with zero attached hydrogens (tertiary/aromatic N) is 2. The number of hydrogen-bond donors (Lipinski definition) is 0. The van der Waals surface area contributed by atoms with Crippen LogP contribution in [0.15, 0.2) is 17.5 Å². The van der Waals surface area contributed by atoms with Gasteiger partial charge in [-0.05, 0) is 35.6 Å². The summed E-state index contributed by atoms with van der Waals surface area (Å²) in [4.78, 5) is 11.5. The van der Waals surface area contributed by atoms with E-state index in [9.17, 15) is 22.4 Å². The van der Waals surface area contributed by atoms with E-state index in [4.69, 9.17) is 4.74 Å². The van der Waals surface area contributed by atoms with E-state index in [1.165, 1.54) is 20.2 Å². The van der Waals surface area contributed by atoms with Gasteiger partial charge in [-0.1, -0.05) is 0 Å². The van der Waals surface area contributed by atoms with Crippen molar-refractivity contribution >= 4 is 27.4 Å². The van der Waals surface area contributed by atoms with Crippen molar-refractivity contribution in [3.63, 3.8) is 0 Å². The predicted molar refractivity (Wildman–Crippen MR) is 94.8 cm³/mol. The molecular weight excluding hydrogens is 400 g/mol. The fraction of sp³-hybridized carbons (Fsp3) is 0.333. The van der Waals surface area contributed by atoms with Gasteiger partial charge in [0.05, 0.1) is 23.9 Å². The average Bonchev–Trinajstić information content (AvgIpc) is 3.21. The summed E-state index contributed by atoms with van der Waals surface area (Å²) < 4.78 is 64.5. The first-order valence-corrected chi connectivity index (χ1v) is 8.98. The third kappa shape index (κ3) is 3.82. The second kappa shape index (κ2) is 7.42. The highest BCUT2D eigenvalue weighted by molar-refractivity contribution is 7.17. The van der Waals surface area contributed by atoms with Crippen LogP contribution < -0.4 is 4.74 Å². The van der Waals surface area contributed by atoms with Crippen LogP contribution in [0, 0.1) is 12.7 Å². The highest BCUT2D eigenvalue weighted by atomic mass is 32.1. The van der Waals surface area contributed by atoms with Crippen molar-refractivity contribution in [2.75, 3.05) is 7.11 Å². The van der Waals surface area contributed by atoms with E-state index in [1.807, 2.05) is 0 Å². The van der Waals surface area contributed by atoms with Crippen molar-refractivity contribution in [2.24, 2.45) is 7.05 Å². The Morgan fingerprint density at radius 3 is 2.64 bits per heavy atom. The first-order chi connectivity index (χ1) is 13.1. The molecule has 1 aromatic carbocycles. The Morgan fingerprint density at radius 1 is 1.32 bits per heavy atom. The van der Waals surface area contributed by atoms with Gasteiger partial charge < -0.3 is 9.47 Å². The fourth-order valence-corrected chi connectivity index (χ4v) is 3.90. The number of alkyl halides is 3. The van der Waals surface area contributed by atoms with Crippen molar-refractivity contribution in [3.8, 4) is 5.75 Å². The van der Waals surface area contributed by atoms with Gasteiger partial charge in [-0.3, -0.25) is 9.48 Å². The Kier molecular flexibility index (Phi) is 5.33. The fourth-order valence-electron chi connectivity index (χ4n) is 2.83. The van der Waals surface area contributed by atoms with Gasteiger partial charge >= 0.3 is 12.1 Å². The lowest BCUT2D eigenvalue weighted by Gasteiger charge is -2.10. The van der Waals surface area contributed by atoms with Gasteiger partial charge in [0.2, 0.25) is 0 Å². The molecule has 0 radical (unpaired) electrons. The lowest BCUT2D eigenvalue weighted by molar-refractivity contribution is -0.141. The van der Waals surface area contributed by atoms with Gasteiger partial charge in [-0.15, -0.1) is 11.3 Å². The quantitative estimate of drug-likeness (QED) is 0.457. The van der Waals surface area contributed by atoms with Crippen molar-refractivity contribution < 1.29 is 31.8 Å². The molecule has 0 atom stereocenters. The molecule has 0 unspecified atom stereocenters. The summed E-state index contributed by atoms with van der Waals surface area (Å²) in [6, 6.07) is 2.33. The summed E-state index contributed by atoms with van der Waals surface area (Å²) >= 11 is 1.12. The van der Waals surface area contributed by atoms with Crippen LogP contribution in [0.2, 0.25) is 0 Å². The summed E-state index contributed by atoms with van der Waals surface area (Å²) in [6.45, 7) is 1.47. The number of fused-ring (bicyclic) bond motifs is 1. The van der Waals surface area contributed by atoms with Gasteiger partial charge in [0.1, 0.15) is 6.61 Å². The highest BCUT2D eigenvalue weighted by Gasteiger charge is 2.34. The van der Waals surface area contributed by atoms with Crippen LogP contribution in [0.1, 0.15) is 22.5 Å². The Bertz CT molecular complexity index is 1040. The molecule has 2 heterocycles. The molecule has 28 heavy (non-hydrogen) atoms. The summed E-state index contributed by atoms with van der Waals surface area (Å²) in [5, 5.41) is 5.69. The number of carbonyl (C=O) groups is 1. The molecule has 150 valence electrons. The van der Waals surface area contributed by atoms with Gasteiger partial charge in [0.25, 0.3) is 0 Å². The first-order valence-electron chi connectivity index (χ1n) is 8.10. The molecule has 0 aliphatic heterocycles. The number of thiophene rings is 1. The van der Waals surface area contributed by atoms with E-state index in [2.05, 4.69) is 9.84 Å². The van der Waals surface area contributed by atoms with Crippen molar-refractivity contribution in [1.82, 2.24) is 9.78 Å². The minimum absolute atomic E-state index is 0.0201. The molecule has 0 aliphatic rings. The van der Waals surface area contributed by atoms with E-state index in [0.717, 1.165) is 22.1 Å². The number of hydrogen-bond acceptors (Lipinski definition) is 5. The maximum atomic E-state index is 14.8. The molecule has 0 aliphatic carbocycles. The van der Waals surface area contributed by atoms with Crippen LogP contribution in [0.5, 0.6) is 5.75 Å². The van der Waals surface area contributed by atoms with Crippen LogP contribution in [0.4, 0.5) is 17.6 Å². The number of benzene rings is 1. The standard InChI is InChI=1S/C18H16F4N2O3S/c1-9-4-12(27-7-11-6-13(18(20,21)22)23-24(11)2)16(19)17-15(9)10(8-28-17)5-14(25)26-3/h4,6,8H,5,7H2,1-3H3. The summed E-state index contributed by atoms with van der Waals surface area (Å²) in [7, 11) is 2.63. The molecule has 3 aromatic rings. The normalized spacial score (nSPS) is 11.8. The molecule has 2 aromatic heterocycles. The molecule has 0 amide bonds. The zero-order valence-corrected chi connectivity index (χ0v) is 16.0. The number of halogens is 4. The number of rotatable bonds is 5. The maximum absolute atomic E-state index is 14.8. The Labute approximate surface area is 161 Å². The molecule has 0 fully saturated rings. The molecule has 5 nitrogen and oxygen atoms in total. The summed E-state index contributed by atoms with van der Waals surface area (Å²) in [5.74, 6) is -1.14. The molecule has 10 heteroatoms. The third-order valence-corrected chi connectivity index (χ3v) is 5.25. The van der Waals surface area contributed by atoms with Crippen LogP contribution in [-0.2, 0) is 35.8 Å². The molecule has 0 N–H and O–H groups in total. The molecular formula is C18H16F4N2O3S. The van der Waals surface area contributed by atoms with Crippen LogP contribution in [0.3, 0.4) is 0 Å². The second-order valence-corrected chi connectivity index (χ2v) is 7.03. The van der Waals surface area contributed by atoms with Gasteiger partial charge in [-0.25, -0.2) is 4.39 Å². The largest absolute Gasteiger partial charge is 0.484 e. The monoisotopic (exact) mass is 416 g/mol. The van der Waals surface area contributed by atoms with Crippen molar-refractivity contribution in [3.05, 3.63) is 45.8 Å². The number of esters is 1. The van der Waals surface area contributed by atoms with E-state index in [1.54, 1.807) is 12.3 Å². The first kappa shape index (κ1) is 20.1. The zero-order chi connectivity index (χ0) is 20.6. The Hall–Kier alpha value is -2.62. The number of aryl methyl sites for hydroxylation is 2. The third-order valence-electron chi connectivity index (χ3n) is 4.23. The van der Waals surface area contributed by atoms with E-state index < -0.39 is 23.7 Å². The van der Waals surface area contributed by atoms with Gasteiger partial charge in [0, 0.05) is 12.4 Å². The topological polar surface area (TPSA) is 53.4 Å². The number of carbonyl (C=O) groups excluding carboxylic acids is 1. The summed E-state index contributed by atoms with van der Waals surface area (Å²) in [5.41, 5.74) is 0.456. The molecule has 0 spiro atoms. The van der Waals surface area contributed by atoms with E-state index in [-0.39, 0.29) is 24.5 Å². The minimum atomic E-state index is -4.57. The zero-order valence-electron chi connectivity index (χ0n) is 15.2. The minimum Gasteiger partial charge on any atom is -0.484 e. The molecule has 0 saturated heterocycles. The highest BCUT2D eigenvalue weighted by Crippen LogP contribution is 2.37. The summed E-state index contributed by atoms with van der Waals surface area (Å²) in [6.07, 6.45) is -4.55. The maximum Gasteiger partial charge on any atom is 0.435 e. The molecule has 0 bridgehead atoms. The molecule has 0 saturated carbocycles. The SMILES string of the molecule is COC(=O)Cc1csc2c(F)c(OCc3cc(C(F)(F)F)nn3C)cc(C)c12. The number of aromatic nitrogens is 2.